The number of hydrogen-bond donors (Lipinski definition) is 0. The Kier molecular flexibility index (Phi) is 7.76. The Balaban J connectivity index is 1.01. The molecule has 3 heteroatoms. The first kappa shape index (κ1) is 34.2. The maximum atomic E-state index is 5.24. The fourth-order valence-electron chi connectivity index (χ4n) is 9.81. The number of nitrogens with zero attached hydrogens (tertiary/aromatic N) is 3. The highest BCUT2D eigenvalue weighted by molar-refractivity contribution is 5.97. The Bertz CT molecular complexity index is 3230. The largest absolute Gasteiger partial charge is 0.310 e. The molecule has 0 saturated heterocycles. The molecule has 280 valence electrons. The van der Waals surface area contributed by atoms with Gasteiger partial charge in [-0.15, -0.1) is 0 Å². The quantitative estimate of drug-likeness (QED) is 0.175. The van der Waals surface area contributed by atoms with Crippen molar-refractivity contribution in [1.29, 1.82) is 0 Å². The highest BCUT2D eigenvalue weighted by Crippen LogP contribution is 2.63. The van der Waals surface area contributed by atoms with Crippen molar-refractivity contribution in [3.63, 3.8) is 0 Å². The molecule has 0 atom stereocenters. The number of fused-ring (bicyclic) bond motifs is 10. The van der Waals surface area contributed by atoms with E-state index in [0.717, 1.165) is 44.9 Å². The molecular formula is C57H37N3. The first-order chi connectivity index (χ1) is 29.7. The molecule has 10 aromatic rings. The molecule has 1 aliphatic carbocycles. The molecule has 60 heavy (non-hydrogen) atoms. The lowest BCUT2D eigenvalue weighted by Gasteiger charge is -2.45. The third-order valence-electron chi connectivity index (χ3n) is 12.5. The molecule has 1 spiro atoms. The van der Waals surface area contributed by atoms with Crippen LogP contribution in [0.15, 0.2) is 224 Å². The highest BCUT2D eigenvalue weighted by atomic mass is 15.2. The average Bonchev–Trinajstić information content (AvgIpc) is 3.62. The van der Waals surface area contributed by atoms with E-state index in [1.807, 2.05) is 6.07 Å². The number of para-hydroxylation sites is 3. The third-order valence-corrected chi connectivity index (χ3v) is 12.5. The van der Waals surface area contributed by atoms with Gasteiger partial charge in [-0.25, -0.2) is 9.97 Å². The van der Waals surface area contributed by atoms with Gasteiger partial charge >= 0.3 is 0 Å². The van der Waals surface area contributed by atoms with E-state index in [1.165, 1.54) is 55.5 Å². The first-order valence-corrected chi connectivity index (χ1v) is 20.6. The summed E-state index contributed by atoms with van der Waals surface area (Å²) in [7, 11) is 0. The van der Waals surface area contributed by atoms with Crippen LogP contribution in [0, 0.1) is 0 Å². The summed E-state index contributed by atoms with van der Waals surface area (Å²) in [5, 5.41) is 2.40. The molecule has 0 bridgehead atoms. The van der Waals surface area contributed by atoms with Gasteiger partial charge in [0.15, 0.2) is 5.82 Å². The highest BCUT2D eigenvalue weighted by Gasteiger charge is 2.51. The summed E-state index contributed by atoms with van der Waals surface area (Å²) in [5.41, 5.74) is 17.9. The summed E-state index contributed by atoms with van der Waals surface area (Å²) in [6.45, 7) is 0. The molecular weight excluding hydrogens is 727 g/mol. The third kappa shape index (κ3) is 5.23. The minimum atomic E-state index is -0.490. The number of rotatable bonds is 5. The number of hydrogen-bond acceptors (Lipinski definition) is 3. The fourth-order valence-corrected chi connectivity index (χ4v) is 9.81. The standard InChI is InChI=1S/C57H37N3/c1-3-17-39(18-4-1)52-37-53(43-31-30-38-16-7-8-19-40(38)34-43)59-56(58-52)44-21-15-20-41(35-44)42-32-33-49-47(36-42)46-24-9-10-25-48(46)57(49)50-26-11-13-28-54(50)60(45-22-5-2-6-23-45)55-29-14-12-27-51(55)57/h1-37H. The summed E-state index contributed by atoms with van der Waals surface area (Å²) in [4.78, 5) is 12.9. The van der Waals surface area contributed by atoms with E-state index in [1.54, 1.807) is 0 Å². The van der Waals surface area contributed by atoms with Crippen LogP contribution < -0.4 is 4.90 Å². The lowest BCUT2D eigenvalue weighted by molar-refractivity contribution is 0.753. The zero-order valence-electron chi connectivity index (χ0n) is 32.7. The molecule has 1 aromatic heterocycles. The molecule has 3 nitrogen and oxygen atoms in total. The molecule has 2 heterocycles. The van der Waals surface area contributed by atoms with Crippen LogP contribution in [-0.2, 0) is 5.41 Å². The summed E-state index contributed by atoms with van der Waals surface area (Å²) in [5.74, 6) is 0.699. The van der Waals surface area contributed by atoms with Crippen LogP contribution in [0.3, 0.4) is 0 Å². The topological polar surface area (TPSA) is 29.0 Å². The van der Waals surface area contributed by atoms with E-state index < -0.39 is 5.41 Å². The van der Waals surface area contributed by atoms with Gasteiger partial charge in [-0.3, -0.25) is 0 Å². The second kappa shape index (κ2) is 13.6. The second-order valence-corrected chi connectivity index (χ2v) is 15.7. The maximum absolute atomic E-state index is 5.24. The van der Waals surface area contributed by atoms with Gasteiger partial charge in [0, 0.05) is 22.4 Å². The first-order valence-electron chi connectivity index (χ1n) is 20.6. The maximum Gasteiger partial charge on any atom is 0.160 e. The summed E-state index contributed by atoms with van der Waals surface area (Å²) in [6, 6.07) is 81.0. The predicted molar refractivity (Wildman–Crippen MR) is 247 cm³/mol. The molecule has 1 aliphatic heterocycles. The zero-order valence-corrected chi connectivity index (χ0v) is 32.7. The summed E-state index contributed by atoms with van der Waals surface area (Å²) >= 11 is 0. The van der Waals surface area contributed by atoms with Crippen molar-refractivity contribution < 1.29 is 0 Å². The van der Waals surface area contributed by atoms with E-state index in [-0.39, 0.29) is 0 Å². The molecule has 2 aliphatic rings. The SMILES string of the molecule is c1ccc(-c2cc(-c3ccc4ccccc4c3)nc(-c3cccc(-c4ccc5c(c4)-c4ccccc4C54c5ccccc5N(c5ccccc5)c5ccccc54)c3)n2)cc1. The Labute approximate surface area is 349 Å². The van der Waals surface area contributed by atoms with E-state index >= 15 is 0 Å². The summed E-state index contributed by atoms with van der Waals surface area (Å²) in [6.07, 6.45) is 0. The van der Waals surface area contributed by atoms with E-state index in [0.29, 0.717) is 5.82 Å². The number of anilines is 3. The van der Waals surface area contributed by atoms with Crippen LogP contribution in [0.4, 0.5) is 17.1 Å². The van der Waals surface area contributed by atoms with Crippen LogP contribution in [0.1, 0.15) is 22.3 Å². The van der Waals surface area contributed by atoms with Gasteiger partial charge in [0.05, 0.1) is 28.2 Å². The molecule has 0 radical (unpaired) electrons. The number of benzene rings is 9. The van der Waals surface area contributed by atoms with Crippen LogP contribution in [0.5, 0.6) is 0 Å². The van der Waals surface area contributed by atoms with Gasteiger partial charge in [0.25, 0.3) is 0 Å². The molecule has 0 N–H and O–H groups in total. The Morgan fingerprint density at radius 2 is 0.867 bits per heavy atom. The van der Waals surface area contributed by atoms with Crippen LogP contribution >= 0.6 is 0 Å². The fraction of sp³-hybridized carbons (Fsp3) is 0.0175. The predicted octanol–water partition coefficient (Wildman–Crippen LogP) is 14.4. The van der Waals surface area contributed by atoms with E-state index in [2.05, 4.69) is 223 Å². The monoisotopic (exact) mass is 763 g/mol. The van der Waals surface area contributed by atoms with Crippen LogP contribution in [0.2, 0.25) is 0 Å². The lowest BCUT2D eigenvalue weighted by atomic mass is 9.64. The van der Waals surface area contributed by atoms with Crippen molar-refractivity contribution in [3.8, 4) is 56.2 Å². The van der Waals surface area contributed by atoms with Crippen molar-refractivity contribution >= 4 is 27.8 Å². The second-order valence-electron chi connectivity index (χ2n) is 15.7. The van der Waals surface area contributed by atoms with Crippen LogP contribution in [-0.4, -0.2) is 9.97 Å². The van der Waals surface area contributed by atoms with Crippen molar-refractivity contribution in [3.05, 3.63) is 247 Å². The van der Waals surface area contributed by atoms with Gasteiger partial charge in [-0.2, -0.15) is 0 Å². The molecule has 12 rings (SSSR count). The number of aromatic nitrogens is 2. The van der Waals surface area contributed by atoms with E-state index in [9.17, 15) is 0 Å². The Morgan fingerprint density at radius 1 is 0.317 bits per heavy atom. The Morgan fingerprint density at radius 3 is 1.63 bits per heavy atom. The molecule has 0 amide bonds. The molecule has 9 aromatic carbocycles. The van der Waals surface area contributed by atoms with Gasteiger partial charge < -0.3 is 4.90 Å². The molecule has 0 saturated carbocycles. The van der Waals surface area contributed by atoms with Crippen molar-refractivity contribution in [2.45, 2.75) is 5.41 Å². The summed E-state index contributed by atoms with van der Waals surface area (Å²) < 4.78 is 0. The average molecular weight is 764 g/mol. The molecule has 0 fully saturated rings. The van der Waals surface area contributed by atoms with Crippen molar-refractivity contribution in [2.24, 2.45) is 0 Å². The minimum Gasteiger partial charge on any atom is -0.310 e. The minimum absolute atomic E-state index is 0.490. The normalized spacial score (nSPS) is 13.1. The van der Waals surface area contributed by atoms with Gasteiger partial charge in [0.1, 0.15) is 0 Å². The lowest BCUT2D eigenvalue weighted by Crippen LogP contribution is -2.36. The smallest absolute Gasteiger partial charge is 0.160 e. The van der Waals surface area contributed by atoms with Crippen LogP contribution in [0.25, 0.3) is 66.9 Å². The van der Waals surface area contributed by atoms with Crippen molar-refractivity contribution in [2.75, 3.05) is 4.90 Å². The Hall–Kier alpha value is -7.88. The zero-order chi connectivity index (χ0) is 39.6. The van der Waals surface area contributed by atoms with Gasteiger partial charge in [-0.1, -0.05) is 176 Å². The van der Waals surface area contributed by atoms with Gasteiger partial charge in [0.2, 0.25) is 0 Å². The molecule has 0 unspecified atom stereocenters. The van der Waals surface area contributed by atoms with E-state index in [4.69, 9.17) is 9.97 Å². The van der Waals surface area contributed by atoms with Gasteiger partial charge in [-0.05, 0) is 104 Å². The van der Waals surface area contributed by atoms with Crippen molar-refractivity contribution in [1.82, 2.24) is 9.97 Å².